The van der Waals surface area contributed by atoms with Crippen molar-refractivity contribution in [3.63, 3.8) is 0 Å². The number of rotatable bonds is 8. The van der Waals surface area contributed by atoms with E-state index < -0.39 is 4.92 Å². The first kappa shape index (κ1) is 20.1. The molecule has 1 unspecified atom stereocenters. The number of nitro groups is 1. The molecule has 0 heterocycles. The zero-order chi connectivity index (χ0) is 19.8. The fraction of sp³-hybridized carbons (Fsp3) is 0.300. The van der Waals surface area contributed by atoms with E-state index in [4.69, 9.17) is 0 Å². The molecular formula is C20H23N3O4. The van der Waals surface area contributed by atoms with Crippen molar-refractivity contribution in [2.75, 3.05) is 6.54 Å². The van der Waals surface area contributed by atoms with Crippen LogP contribution in [0.2, 0.25) is 0 Å². The van der Waals surface area contributed by atoms with Crippen LogP contribution in [-0.2, 0) is 4.79 Å². The second kappa shape index (κ2) is 9.47. The van der Waals surface area contributed by atoms with E-state index in [1.807, 2.05) is 44.2 Å². The van der Waals surface area contributed by atoms with Crippen molar-refractivity contribution >= 4 is 17.5 Å². The molecule has 2 amide bonds. The molecule has 2 aromatic rings. The first-order chi connectivity index (χ1) is 12.9. The van der Waals surface area contributed by atoms with Crippen LogP contribution in [-0.4, -0.2) is 23.3 Å². The van der Waals surface area contributed by atoms with Crippen molar-refractivity contribution in [3.05, 3.63) is 75.8 Å². The molecule has 0 aliphatic rings. The summed E-state index contributed by atoms with van der Waals surface area (Å²) in [6.07, 6.45) is 0.148. The number of non-ortho nitro benzene ring substituents is 1. The fourth-order valence-electron chi connectivity index (χ4n) is 2.67. The number of hydrogen-bond acceptors (Lipinski definition) is 4. The molecule has 0 fully saturated rings. The summed E-state index contributed by atoms with van der Waals surface area (Å²) in [6, 6.07) is 15.0. The second-order valence-electron chi connectivity index (χ2n) is 6.51. The Morgan fingerprint density at radius 1 is 1.04 bits per heavy atom. The Hall–Kier alpha value is -3.22. The van der Waals surface area contributed by atoms with Gasteiger partial charge in [0.15, 0.2) is 0 Å². The second-order valence-corrected chi connectivity index (χ2v) is 6.51. The molecule has 27 heavy (non-hydrogen) atoms. The van der Waals surface area contributed by atoms with Crippen LogP contribution in [0, 0.1) is 16.0 Å². The highest BCUT2D eigenvalue weighted by Crippen LogP contribution is 2.21. The highest BCUT2D eigenvalue weighted by molar-refractivity contribution is 5.94. The molecule has 0 saturated heterocycles. The van der Waals surface area contributed by atoms with E-state index in [2.05, 4.69) is 10.6 Å². The van der Waals surface area contributed by atoms with E-state index in [9.17, 15) is 19.7 Å². The van der Waals surface area contributed by atoms with Gasteiger partial charge in [-0.1, -0.05) is 44.2 Å². The number of carbonyl (C=O) groups is 2. The minimum Gasteiger partial charge on any atom is -0.352 e. The number of hydrogen-bond donors (Lipinski definition) is 2. The van der Waals surface area contributed by atoms with Crippen molar-refractivity contribution in [3.8, 4) is 0 Å². The smallest absolute Gasteiger partial charge is 0.269 e. The van der Waals surface area contributed by atoms with Gasteiger partial charge in [-0.25, -0.2) is 0 Å². The Morgan fingerprint density at radius 2 is 1.67 bits per heavy atom. The van der Waals surface area contributed by atoms with E-state index in [-0.39, 0.29) is 42.4 Å². The molecular weight excluding hydrogens is 346 g/mol. The van der Waals surface area contributed by atoms with Crippen LogP contribution in [0.4, 0.5) is 5.69 Å². The third-order valence-electron chi connectivity index (χ3n) is 4.12. The van der Waals surface area contributed by atoms with Gasteiger partial charge in [0, 0.05) is 30.7 Å². The standard InChI is InChI=1S/C20H23N3O4/c1-14(2)19(15-6-4-3-5-7-15)22-18(24)12-13-21-20(25)16-8-10-17(11-9-16)23(26)27/h3-11,14,19H,12-13H2,1-2H3,(H,21,25)(H,22,24). The molecule has 0 aromatic heterocycles. The van der Waals surface area contributed by atoms with Gasteiger partial charge in [0.1, 0.15) is 0 Å². The van der Waals surface area contributed by atoms with Crippen molar-refractivity contribution in [2.24, 2.45) is 5.92 Å². The predicted octanol–water partition coefficient (Wildman–Crippen LogP) is 3.23. The van der Waals surface area contributed by atoms with Gasteiger partial charge in [-0.3, -0.25) is 19.7 Å². The van der Waals surface area contributed by atoms with Crippen LogP contribution >= 0.6 is 0 Å². The number of amides is 2. The fourth-order valence-corrected chi connectivity index (χ4v) is 2.67. The largest absolute Gasteiger partial charge is 0.352 e. The number of nitrogens with zero attached hydrogens (tertiary/aromatic N) is 1. The quantitative estimate of drug-likeness (QED) is 0.551. The highest BCUT2D eigenvalue weighted by Gasteiger charge is 2.18. The van der Waals surface area contributed by atoms with E-state index in [0.29, 0.717) is 5.56 Å². The van der Waals surface area contributed by atoms with E-state index in [0.717, 1.165) is 5.56 Å². The van der Waals surface area contributed by atoms with Crippen LogP contribution < -0.4 is 10.6 Å². The number of nitrogens with one attached hydrogen (secondary N) is 2. The topological polar surface area (TPSA) is 101 Å². The van der Waals surface area contributed by atoms with Gasteiger partial charge in [-0.2, -0.15) is 0 Å². The lowest BCUT2D eigenvalue weighted by molar-refractivity contribution is -0.384. The summed E-state index contributed by atoms with van der Waals surface area (Å²) in [5.41, 5.74) is 1.27. The van der Waals surface area contributed by atoms with Crippen molar-refractivity contribution in [1.82, 2.24) is 10.6 Å². The average molecular weight is 369 g/mol. The Morgan fingerprint density at radius 3 is 2.22 bits per heavy atom. The Labute approximate surface area is 157 Å². The van der Waals surface area contributed by atoms with Gasteiger partial charge >= 0.3 is 0 Å². The van der Waals surface area contributed by atoms with Gasteiger partial charge in [-0.15, -0.1) is 0 Å². The maximum Gasteiger partial charge on any atom is 0.269 e. The monoisotopic (exact) mass is 369 g/mol. The summed E-state index contributed by atoms with van der Waals surface area (Å²) >= 11 is 0. The average Bonchev–Trinajstić information content (AvgIpc) is 2.66. The summed E-state index contributed by atoms with van der Waals surface area (Å²) in [4.78, 5) is 34.4. The first-order valence-electron chi connectivity index (χ1n) is 8.75. The molecule has 2 aromatic carbocycles. The SMILES string of the molecule is CC(C)C(NC(=O)CCNC(=O)c1ccc([N+](=O)[O-])cc1)c1ccccc1. The summed E-state index contributed by atoms with van der Waals surface area (Å²) in [5.74, 6) is -0.297. The van der Waals surface area contributed by atoms with Crippen LogP contribution in [0.5, 0.6) is 0 Å². The molecule has 0 aliphatic heterocycles. The van der Waals surface area contributed by atoms with Crippen molar-refractivity contribution in [1.29, 1.82) is 0 Å². The lowest BCUT2D eigenvalue weighted by atomic mass is 9.96. The third-order valence-corrected chi connectivity index (χ3v) is 4.12. The zero-order valence-electron chi connectivity index (χ0n) is 15.3. The van der Waals surface area contributed by atoms with E-state index in [1.165, 1.54) is 24.3 Å². The van der Waals surface area contributed by atoms with Gasteiger partial charge in [0.2, 0.25) is 5.91 Å². The summed E-state index contributed by atoms with van der Waals surface area (Å²) in [7, 11) is 0. The first-order valence-corrected chi connectivity index (χ1v) is 8.75. The highest BCUT2D eigenvalue weighted by atomic mass is 16.6. The molecule has 0 spiro atoms. The molecule has 1 atom stereocenters. The maximum atomic E-state index is 12.2. The van der Waals surface area contributed by atoms with Crippen LogP contribution in [0.15, 0.2) is 54.6 Å². The normalized spacial score (nSPS) is 11.7. The van der Waals surface area contributed by atoms with Crippen LogP contribution in [0.3, 0.4) is 0 Å². The molecule has 7 nitrogen and oxygen atoms in total. The molecule has 2 N–H and O–H groups in total. The van der Waals surface area contributed by atoms with E-state index in [1.54, 1.807) is 0 Å². The van der Waals surface area contributed by atoms with Crippen LogP contribution in [0.25, 0.3) is 0 Å². The summed E-state index contributed by atoms with van der Waals surface area (Å²) in [6.45, 7) is 4.25. The maximum absolute atomic E-state index is 12.2. The minimum atomic E-state index is -0.524. The van der Waals surface area contributed by atoms with Crippen molar-refractivity contribution < 1.29 is 14.5 Å². The lowest BCUT2D eigenvalue weighted by Crippen LogP contribution is -2.34. The van der Waals surface area contributed by atoms with E-state index >= 15 is 0 Å². The Bertz CT molecular complexity index is 789. The van der Waals surface area contributed by atoms with Gasteiger partial charge in [0.05, 0.1) is 11.0 Å². The summed E-state index contributed by atoms with van der Waals surface area (Å²) < 4.78 is 0. The van der Waals surface area contributed by atoms with Crippen molar-refractivity contribution in [2.45, 2.75) is 26.3 Å². The predicted molar refractivity (Wildman–Crippen MR) is 102 cm³/mol. The molecule has 2 rings (SSSR count). The number of benzene rings is 2. The summed E-state index contributed by atoms with van der Waals surface area (Å²) in [5, 5.41) is 16.3. The van der Waals surface area contributed by atoms with Crippen LogP contribution in [0.1, 0.15) is 42.2 Å². The Balaban J connectivity index is 1.84. The Kier molecular flexibility index (Phi) is 7.05. The zero-order valence-corrected chi connectivity index (χ0v) is 15.3. The van der Waals surface area contributed by atoms with Gasteiger partial charge in [-0.05, 0) is 23.6 Å². The van der Waals surface area contributed by atoms with Gasteiger partial charge < -0.3 is 10.6 Å². The third kappa shape index (κ3) is 5.91. The van der Waals surface area contributed by atoms with Gasteiger partial charge in [0.25, 0.3) is 11.6 Å². The molecule has 0 aliphatic carbocycles. The molecule has 142 valence electrons. The number of nitro benzene ring substituents is 1. The molecule has 0 saturated carbocycles. The number of carbonyl (C=O) groups excluding carboxylic acids is 2. The molecule has 0 bridgehead atoms. The minimum absolute atomic E-state index is 0.0773. The molecule has 0 radical (unpaired) electrons. The molecule has 7 heteroatoms. The lowest BCUT2D eigenvalue weighted by Gasteiger charge is -2.23.